The van der Waals surface area contributed by atoms with E-state index in [1.54, 1.807) is 12.1 Å². The second kappa shape index (κ2) is 5.73. The van der Waals surface area contributed by atoms with Crippen molar-refractivity contribution in [3.05, 3.63) is 65.0 Å². The lowest BCUT2D eigenvalue weighted by Crippen LogP contribution is -2.08. The Bertz CT molecular complexity index is 884. The molecular formula is C17H13NO4. The molecule has 0 saturated carbocycles. The monoisotopic (exact) mass is 295 g/mol. The van der Waals surface area contributed by atoms with Crippen molar-refractivity contribution < 1.29 is 13.9 Å². The van der Waals surface area contributed by atoms with E-state index in [9.17, 15) is 9.59 Å². The second-order valence-electron chi connectivity index (χ2n) is 4.72. The van der Waals surface area contributed by atoms with Gasteiger partial charge in [0.1, 0.15) is 23.3 Å². The zero-order valence-corrected chi connectivity index (χ0v) is 11.8. The van der Waals surface area contributed by atoms with Gasteiger partial charge in [-0.15, -0.1) is 0 Å². The Labute approximate surface area is 126 Å². The molecule has 0 atom stereocenters. The van der Waals surface area contributed by atoms with Gasteiger partial charge in [-0.05, 0) is 24.3 Å². The smallest absolute Gasteiger partial charge is 0.308 e. The van der Waals surface area contributed by atoms with Gasteiger partial charge in [0.15, 0.2) is 0 Å². The van der Waals surface area contributed by atoms with Crippen molar-refractivity contribution in [2.75, 3.05) is 5.32 Å². The molecule has 1 aromatic heterocycles. The van der Waals surface area contributed by atoms with Gasteiger partial charge in [-0.2, -0.15) is 0 Å². The van der Waals surface area contributed by atoms with Crippen molar-refractivity contribution in [2.24, 2.45) is 0 Å². The molecule has 3 aromatic rings. The van der Waals surface area contributed by atoms with Gasteiger partial charge >= 0.3 is 5.97 Å². The number of rotatable bonds is 3. The maximum absolute atomic E-state index is 12.4. The van der Waals surface area contributed by atoms with Gasteiger partial charge in [-0.1, -0.05) is 18.2 Å². The molecule has 1 heterocycles. The standard InChI is InChI=1S/C17H13NO4/c1-11(19)22-13-7-8-14-16(9-13)21-10-15(17(14)20)18-12-5-3-2-4-6-12/h2-10,18H,1H3. The summed E-state index contributed by atoms with van der Waals surface area (Å²) in [6.45, 7) is 1.31. The Morgan fingerprint density at radius 3 is 2.64 bits per heavy atom. The van der Waals surface area contributed by atoms with E-state index in [1.165, 1.54) is 19.3 Å². The summed E-state index contributed by atoms with van der Waals surface area (Å²) >= 11 is 0. The molecule has 0 unspecified atom stereocenters. The number of benzene rings is 2. The zero-order chi connectivity index (χ0) is 15.5. The first-order valence-electron chi connectivity index (χ1n) is 6.69. The number of esters is 1. The molecule has 22 heavy (non-hydrogen) atoms. The maximum atomic E-state index is 12.4. The number of hydrogen-bond acceptors (Lipinski definition) is 5. The molecule has 0 spiro atoms. The van der Waals surface area contributed by atoms with Crippen LogP contribution in [-0.4, -0.2) is 5.97 Å². The summed E-state index contributed by atoms with van der Waals surface area (Å²) in [5.41, 5.74) is 1.33. The minimum atomic E-state index is -0.427. The van der Waals surface area contributed by atoms with Crippen LogP contribution in [0.4, 0.5) is 11.4 Å². The van der Waals surface area contributed by atoms with Gasteiger partial charge in [-0.3, -0.25) is 9.59 Å². The molecule has 0 aliphatic carbocycles. The van der Waals surface area contributed by atoms with E-state index in [2.05, 4.69) is 5.32 Å². The average molecular weight is 295 g/mol. The topological polar surface area (TPSA) is 68.5 Å². The molecule has 5 heteroatoms. The average Bonchev–Trinajstić information content (AvgIpc) is 2.50. The highest BCUT2D eigenvalue weighted by molar-refractivity contribution is 5.82. The minimum Gasteiger partial charge on any atom is -0.462 e. The largest absolute Gasteiger partial charge is 0.462 e. The molecule has 3 rings (SSSR count). The highest BCUT2D eigenvalue weighted by atomic mass is 16.5. The second-order valence-corrected chi connectivity index (χ2v) is 4.72. The van der Waals surface area contributed by atoms with E-state index in [-0.39, 0.29) is 5.43 Å². The molecule has 0 fully saturated rings. The maximum Gasteiger partial charge on any atom is 0.308 e. The van der Waals surface area contributed by atoms with Crippen LogP contribution in [-0.2, 0) is 4.79 Å². The molecular weight excluding hydrogens is 282 g/mol. The summed E-state index contributed by atoms with van der Waals surface area (Å²) in [7, 11) is 0. The van der Waals surface area contributed by atoms with Crippen LogP contribution < -0.4 is 15.5 Å². The molecule has 0 bridgehead atoms. The first-order valence-corrected chi connectivity index (χ1v) is 6.69. The van der Waals surface area contributed by atoms with E-state index >= 15 is 0 Å². The highest BCUT2D eigenvalue weighted by Crippen LogP contribution is 2.21. The van der Waals surface area contributed by atoms with Gasteiger partial charge in [0.25, 0.3) is 0 Å². The van der Waals surface area contributed by atoms with E-state index < -0.39 is 5.97 Å². The molecule has 0 aliphatic heterocycles. The van der Waals surface area contributed by atoms with Gasteiger partial charge in [0.2, 0.25) is 5.43 Å². The number of fused-ring (bicyclic) bond motifs is 1. The molecule has 0 radical (unpaired) electrons. The predicted octanol–water partition coefficient (Wildman–Crippen LogP) is 3.46. The van der Waals surface area contributed by atoms with Crippen LogP contribution in [0.5, 0.6) is 5.75 Å². The Morgan fingerprint density at radius 1 is 1.14 bits per heavy atom. The molecule has 110 valence electrons. The summed E-state index contributed by atoms with van der Waals surface area (Å²) in [6, 6.07) is 14.0. The van der Waals surface area contributed by atoms with E-state index in [1.807, 2.05) is 30.3 Å². The summed E-state index contributed by atoms with van der Waals surface area (Å²) in [4.78, 5) is 23.4. The lowest BCUT2D eigenvalue weighted by Gasteiger charge is -2.07. The Kier molecular flexibility index (Phi) is 3.62. The van der Waals surface area contributed by atoms with Crippen LogP contribution in [0.15, 0.2) is 64.0 Å². The van der Waals surface area contributed by atoms with E-state index in [0.29, 0.717) is 22.4 Å². The van der Waals surface area contributed by atoms with Crippen molar-refractivity contribution in [1.29, 1.82) is 0 Å². The normalized spacial score (nSPS) is 10.4. The van der Waals surface area contributed by atoms with Crippen molar-refractivity contribution in [3.8, 4) is 5.75 Å². The summed E-state index contributed by atoms with van der Waals surface area (Å²) in [5.74, 6) is -0.0871. The molecule has 0 aliphatic rings. The lowest BCUT2D eigenvalue weighted by atomic mass is 10.2. The predicted molar refractivity (Wildman–Crippen MR) is 83.5 cm³/mol. The van der Waals surface area contributed by atoms with Crippen LogP contribution >= 0.6 is 0 Å². The zero-order valence-electron chi connectivity index (χ0n) is 11.8. The van der Waals surface area contributed by atoms with E-state index in [4.69, 9.17) is 9.15 Å². The number of carbonyl (C=O) groups excluding carboxylic acids is 1. The molecule has 1 N–H and O–H groups in total. The first-order chi connectivity index (χ1) is 10.6. The summed E-state index contributed by atoms with van der Waals surface area (Å²) < 4.78 is 10.4. The Hall–Kier alpha value is -3.08. The van der Waals surface area contributed by atoms with Gasteiger partial charge in [0, 0.05) is 18.7 Å². The fourth-order valence-electron chi connectivity index (χ4n) is 2.10. The molecule has 0 saturated heterocycles. The van der Waals surface area contributed by atoms with Gasteiger partial charge in [0.05, 0.1) is 5.39 Å². The van der Waals surface area contributed by atoms with Crippen LogP contribution in [0.2, 0.25) is 0 Å². The number of ether oxygens (including phenoxy) is 1. The molecule has 5 nitrogen and oxygen atoms in total. The van der Waals surface area contributed by atoms with Crippen LogP contribution in [0.3, 0.4) is 0 Å². The number of hydrogen-bond donors (Lipinski definition) is 1. The summed E-state index contributed by atoms with van der Waals surface area (Å²) in [6.07, 6.45) is 1.36. The molecule has 2 aromatic carbocycles. The fraction of sp³-hybridized carbons (Fsp3) is 0.0588. The third-order valence-electron chi connectivity index (χ3n) is 3.06. The third-order valence-corrected chi connectivity index (χ3v) is 3.06. The Balaban J connectivity index is 1.99. The first kappa shape index (κ1) is 13.9. The number of para-hydroxylation sites is 1. The number of anilines is 2. The SMILES string of the molecule is CC(=O)Oc1ccc2c(=O)c(Nc3ccccc3)coc2c1. The van der Waals surface area contributed by atoms with Gasteiger partial charge in [-0.25, -0.2) is 0 Å². The lowest BCUT2D eigenvalue weighted by molar-refractivity contribution is -0.131. The van der Waals surface area contributed by atoms with E-state index in [0.717, 1.165) is 5.69 Å². The number of nitrogens with one attached hydrogen (secondary N) is 1. The third kappa shape index (κ3) is 2.83. The van der Waals surface area contributed by atoms with Crippen molar-refractivity contribution >= 4 is 28.3 Å². The van der Waals surface area contributed by atoms with Gasteiger partial charge < -0.3 is 14.5 Å². The quantitative estimate of drug-likeness (QED) is 0.592. The summed E-state index contributed by atoms with van der Waals surface area (Å²) in [5, 5.41) is 3.43. The van der Waals surface area contributed by atoms with Crippen molar-refractivity contribution in [3.63, 3.8) is 0 Å². The fourth-order valence-corrected chi connectivity index (χ4v) is 2.10. The van der Waals surface area contributed by atoms with Crippen molar-refractivity contribution in [2.45, 2.75) is 6.92 Å². The van der Waals surface area contributed by atoms with Crippen LogP contribution in [0.1, 0.15) is 6.92 Å². The van der Waals surface area contributed by atoms with Crippen LogP contribution in [0.25, 0.3) is 11.0 Å². The Morgan fingerprint density at radius 2 is 1.91 bits per heavy atom. The number of carbonyl (C=O) groups is 1. The molecule has 0 amide bonds. The van der Waals surface area contributed by atoms with Crippen molar-refractivity contribution in [1.82, 2.24) is 0 Å². The highest BCUT2D eigenvalue weighted by Gasteiger charge is 2.09. The minimum absolute atomic E-state index is 0.181. The van der Waals surface area contributed by atoms with Crippen LogP contribution in [0, 0.1) is 0 Å².